The van der Waals surface area contributed by atoms with Crippen molar-refractivity contribution in [2.45, 2.75) is 13.0 Å². The third kappa shape index (κ3) is 1.80. The van der Waals surface area contributed by atoms with E-state index in [-0.39, 0.29) is 0 Å². The van der Waals surface area contributed by atoms with Crippen LogP contribution in [0.4, 0.5) is 0 Å². The zero-order valence-corrected chi connectivity index (χ0v) is 11.0. The maximum atomic E-state index is 10.5. The minimum Gasteiger partial charge on any atom is -0.384 e. The predicted octanol–water partition coefficient (Wildman–Crippen LogP) is 4.35. The molecule has 3 aromatic rings. The van der Waals surface area contributed by atoms with E-state index >= 15 is 0 Å². The molecule has 86 valence electrons. The summed E-state index contributed by atoms with van der Waals surface area (Å²) in [6.07, 6.45) is -0.502. The molecular weight excluding hydrogens is 248 g/mol. The van der Waals surface area contributed by atoms with Crippen LogP contribution in [-0.2, 0) is 0 Å². The van der Waals surface area contributed by atoms with E-state index in [1.165, 1.54) is 9.58 Å². The van der Waals surface area contributed by atoms with Gasteiger partial charge in [-0.15, -0.1) is 22.7 Å². The van der Waals surface area contributed by atoms with Gasteiger partial charge in [0.1, 0.15) is 6.10 Å². The molecule has 0 spiro atoms. The molecule has 1 nitrogen and oxygen atoms in total. The fraction of sp³-hybridized carbons (Fsp3) is 0.143. The smallest absolute Gasteiger partial charge is 0.107 e. The van der Waals surface area contributed by atoms with E-state index in [1.54, 1.807) is 22.7 Å². The van der Waals surface area contributed by atoms with Gasteiger partial charge in [0.2, 0.25) is 0 Å². The van der Waals surface area contributed by atoms with Gasteiger partial charge in [-0.2, -0.15) is 0 Å². The first-order valence-corrected chi connectivity index (χ1v) is 7.21. The normalized spacial score (nSPS) is 13.1. The fourth-order valence-corrected chi connectivity index (χ4v) is 3.77. The van der Waals surface area contributed by atoms with Gasteiger partial charge in [0.05, 0.1) is 0 Å². The van der Waals surface area contributed by atoms with Crippen LogP contribution in [-0.4, -0.2) is 5.11 Å². The molecule has 0 saturated heterocycles. The second-order valence-electron chi connectivity index (χ2n) is 4.02. The van der Waals surface area contributed by atoms with Gasteiger partial charge < -0.3 is 5.11 Å². The molecule has 1 atom stereocenters. The van der Waals surface area contributed by atoms with Crippen LogP contribution in [0.25, 0.3) is 10.1 Å². The SMILES string of the molecule is Cc1sccc1C(O)c1csc2ccccc12. The largest absolute Gasteiger partial charge is 0.384 e. The number of thiophene rings is 2. The van der Waals surface area contributed by atoms with Crippen LogP contribution in [0.1, 0.15) is 22.1 Å². The molecule has 3 rings (SSSR count). The van der Waals surface area contributed by atoms with Gasteiger partial charge in [-0.3, -0.25) is 0 Å². The monoisotopic (exact) mass is 260 g/mol. The summed E-state index contributed by atoms with van der Waals surface area (Å²) >= 11 is 3.37. The summed E-state index contributed by atoms with van der Waals surface area (Å²) in [7, 11) is 0. The lowest BCUT2D eigenvalue weighted by Gasteiger charge is -2.09. The summed E-state index contributed by atoms with van der Waals surface area (Å²) in [5.74, 6) is 0. The van der Waals surface area contributed by atoms with Crippen molar-refractivity contribution in [3.63, 3.8) is 0 Å². The van der Waals surface area contributed by atoms with Gasteiger partial charge in [0, 0.05) is 15.1 Å². The molecule has 1 N–H and O–H groups in total. The van der Waals surface area contributed by atoms with Crippen LogP contribution >= 0.6 is 22.7 Å². The first-order valence-electron chi connectivity index (χ1n) is 5.45. The Morgan fingerprint density at radius 3 is 2.65 bits per heavy atom. The van der Waals surface area contributed by atoms with Gasteiger partial charge in [-0.1, -0.05) is 18.2 Å². The van der Waals surface area contributed by atoms with E-state index in [0.717, 1.165) is 16.5 Å². The van der Waals surface area contributed by atoms with Crippen molar-refractivity contribution in [1.29, 1.82) is 0 Å². The molecule has 1 unspecified atom stereocenters. The highest BCUT2D eigenvalue weighted by molar-refractivity contribution is 7.17. The number of rotatable bonds is 2. The van der Waals surface area contributed by atoms with Crippen molar-refractivity contribution < 1.29 is 5.11 Å². The van der Waals surface area contributed by atoms with Crippen LogP contribution in [0.2, 0.25) is 0 Å². The Bertz CT molecular complexity index is 651. The van der Waals surface area contributed by atoms with Crippen LogP contribution in [0.15, 0.2) is 41.1 Å². The molecule has 0 saturated carbocycles. The van der Waals surface area contributed by atoms with Gasteiger partial charge in [0.15, 0.2) is 0 Å². The van der Waals surface area contributed by atoms with Gasteiger partial charge >= 0.3 is 0 Å². The Labute approximate surface area is 108 Å². The van der Waals surface area contributed by atoms with Crippen LogP contribution < -0.4 is 0 Å². The van der Waals surface area contributed by atoms with E-state index in [4.69, 9.17) is 0 Å². The van der Waals surface area contributed by atoms with Crippen molar-refractivity contribution in [3.05, 3.63) is 57.1 Å². The van der Waals surface area contributed by atoms with Crippen LogP contribution in [0, 0.1) is 6.92 Å². The number of benzene rings is 1. The molecule has 0 radical (unpaired) electrons. The Kier molecular flexibility index (Phi) is 2.74. The van der Waals surface area contributed by atoms with E-state index in [2.05, 4.69) is 24.4 Å². The highest BCUT2D eigenvalue weighted by atomic mass is 32.1. The molecule has 2 heterocycles. The van der Waals surface area contributed by atoms with E-state index in [9.17, 15) is 5.11 Å². The third-order valence-corrected chi connectivity index (χ3v) is 4.84. The van der Waals surface area contributed by atoms with Gasteiger partial charge in [0.25, 0.3) is 0 Å². The standard InChI is InChI=1S/C14H12OS2/c1-9-10(6-7-16-9)14(15)12-8-17-13-5-3-2-4-11(12)13/h2-8,14-15H,1H3. The highest BCUT2D eigenvalue weighted by Gasteiger charge is 2.17. The molecule has 0 aliphatic carbocycles. The molecular formula is C14H12OS2. The lowest BCUT2D eigenvalue weighted by atomic mass is 10.0. The Balaban J connectivity index is 2.13. The molecule has 17 heavy (non-hydrogen) atoms. The first-order chi connectivity index (χ1) is 8.27. The van der Waals surface area contributed by atoms with E-state index < -0.39 is 6.10 Å². The average Bonchev–Trinajstić information content (AvgIpc) is 2.94. The molecule has 2 aromatic heterocycles. The summed E-state index contributed by atoms with van der Waals surface area (Å²) in [5, 5.41) is 15.7. The quantitative estimate of drug-likeness (QED) is 0.726. The zero-order valence-electron chi connectivity index (χ0n) is 9.38. The summed E-state index contributed by atoms with van der Waals surface area (Å²) < 4.78 is 1.23. The van der Waals surface area contributed by atoms with Crippen molar-refractivity contribution in [2.75, 3.05) is 0 Å². The minimum atomic E-state index is -0.502. The Hall–Kier alpha value is -1.16. The summed E-state index contributed by atoms with van der Waals surface area (Å²) in [6.45, 7) is 2.05. The second-order valence-corrected chi connectivity index (χ2v) is 6.05. The lowest BCUT2D eigenvalue weighted by Crippen LogP contribution is -1.98. The topological polar surface area (TPSA) is 20.2 Å². The van der Waals surface area contributed by atoms with Crippen molar-refractivity contribution >= 4 is 32.8 Å². The van der Waals surface area contributed by atoms with Gasteiger partial charge in [-0.25, -0.2) is 0 Å². The molecule has 3 heteroatoms. The van der Waals surface area contributed by atoms with Crippen molar-refractivity contribution in [1.82, 2.24) is 0 Å². The van der Waals surface area contributed by atoms with E-state index in [1.807, 2.05) is 23.6 Å². The summed E-state index contributed by atoms with van der Waals surface area (Å²) in [4.78, 5) is 1.19. The van der Waals surface area contributed by atoms with Crippen LogP contribution in [0.5, 0.6) is 0 Å². The average molecular weight is 260 g/mol. The number of hydrogen-bond acceptors (Lipinski definition) is 3. The van der Waals surface area contributed by atoms with Crippen molar-refractivity contribution in [3.8, 4) is 0 Å². The maximum absolute atomic E-state index is 10.5. The van der Waals surface area contributed by atoms with E-state index in [0.29, 0.717) is 0 Å². The molecule has 0 amide bonds. The molecule has 0 aliphatic rings. The number of fused-ring (bicyclic) bond motifs is 1. The number of aliphatic hydroxyl groups is 1. The second kappa shape index (κ2) is 4.26. The highest BCUT2D eigenvalue weighted by Crippen LogP contribution is 2.35. The maximum Gasteiger partial charge on any atom is 0.107 e. The number of hydrogen-bond donors (Lipinski definition) is 1. The summed E-state index contributed by atoms with van der Waals surface area (Å²) in [5.41, 5.74) is 2.05. The predicted molar refractivity (Wildman–Crippen MR) is 74.9 cm³/mol. The van der Waals surface area contributed by atoms with Gasteiger partial charge in [-0.05, 0) is 40.8 Å². The molecule has 0 bridgehead atoms. The molecule has 1 aromatic carbocycles. The molecule has 0 fully saturated rings. The number of aliphatic hydroxyl groups excluding tert-OH is 1. The number of aryl methyl sites for hydroxylation is 1. The Morgan fingerprint density at radius 2 is 1.88 bits per heavy atom. The minimum absolute atomic E-state index is 0.502. The molecule has 0 aliphatic heterocycles. The van der Waals surface area contributed by atoms with Crippen molar-refractivity contribution in [2.24, 2.45) is 0 Å². The first kappa shape index (κ1) is 11.0. The van der Waals surface area contributed by atoms with Crippen LogP contribution in [0.3, 0.4) is 0 Å². The third-order valence-electron chi connectivity index (χ3n) is 3.00. The lowest BCUT2D eigenvalue weighted by molar-refractivity contribution is 0.222. The summed E-state index contributed by atoms with van der Waals surface area (Å²) in [6, 6.07) is 10.2. The fourth-order valence-electron chi connectivity index (χ4n) is 2.06. The Morgan fingerprint density at radius 1 is 1.06 bits per heavy atom. The zero-order chi connectivity index (χ0) is 11.8.